The predicted molar refractivity (Wildman–Crippen MR) is 96.2 cm³/mol. The van der Waals surface area contributed by atoms with Gasteiger partial charge in [0.2, 0.25) is 11.4 Å². The van der Waals surface area contributed by atoms with Gasteiger partial charge in [-0.15, -0.1) is 0 Å². The molecule has 2 aromatic carbocycles. The molecular formula is C21H24NO+. The van der Waals surface area contributed by atoms with E-state index in [1.165, 1.54) is 33.3 Å². The molecule has 23 heavy (non-hydrogen) atoms. The van der Waals surface area contributed by atoms with Gasteiger partial charge >= 0.3 is 0 Å². The molecule has 0 saturated carbocycles. The van der Waals surface area contributed by atoms with E-state index in [9.17, 15) is 0 Å². The molecular weight excluding hydrogens is 282 g/mol. The Morgan fingerprint density at radius 1 is 1.17 bits per heavy atom. The van der Waals surface area contributed by atoms with Crippen LogP contribution in [0.3, 0.4) is 0 Å². The molecule has 0 amide bonds. The SMILES string of the molecule is C/C=C/C1=[N+](C(C)CC)c2ccc3c4c(ccc1c24)C(C)(C)O3. The fraction of sp³-hybridized carbons (Fsp3) is 0.381. The van der Waals surface area contributed by atoms with E-state index in [-0.39, 0.29) is 5.60 Å². The van der Waals surface area contributed by atoms with Gasteiger partial charge in [0.15, 0.2) is 6.04 Å². The number of hydrogen-bond acceptors (Lipinski definition) is 1. The van der Waals surface area contributed by atoms with Crippen LogP contribution >= 0.6 is 0 Å². The van der Waals surface area contributed by atoms with Crippen molar-refractivity contribution in [3.63, 3.8) is 0 Å². The number of nitrogens with zero attached hydrogens (tertiary/aromatic N) is 1. The summed E-state index contributed by atoms with van der Waals surface area (Å²) in [4.78, 5) is 0. The molecule has 2 heteroatoms. The Morgan fingerprint density at radius 2 is 1.96 bits per heavy atom. The average Bonchev–Trinajstić information content (AvgIpc) is 2.98. The van der Waals surface area contributed by atoms with Gasteiger partial charge in [-0.25, -0.2) is 0 Å². The number of rotatable bonds is 3. The van der Waals surface area contributed by atoms with E-state index in [1.54, 1.807) is 0 Å². The zero-order valence-electron chi connectivity index (χ0n) is 14.6. The second kappa shape index (κ2) is 4.70. The van der Waals surface area contributed by atoms with E-state index in [0.717, 1.165) is 12.2 Å². The van der Waals surface area contributed by atoms with Crippen molar-refractivity contribution in [2.75, 3.05) is 0 Å². The second-order valence-electron chi connectivity index (χ2n) is 7.12. The summed E-state index contributed by atoms with van der Waals surface area (Å²) in [5.41, 5.74) is 5.03. The number of allylic oxidation sites excluding steroid dienone is 2. The van der Waals surface area contributed by atoms with Gasteiger partial charge in [-0.2, -0.15) is 4.58 Å². The summed E-state index contributed by atoms with van der Waals surface area (Å²) in [6, 6.07) is 9.38. The van der Waals surface area contributed by atoms with Gasteiger partial charge in [-0.3, -0.25) is 0 Å². The first-order valence-electron chi connectivity index (χ1n) is 8.58. The lowest BCUT2D eigenvalue weighted by molar-refractivity contribution is -0.476. The van der Waals surface area contributed by atoms with Gasteiger partial charge in [0.1, 0.15) is 11.4 Å². The second-order valence-corrected chi connectivity index (χ2v) is 7.12. The monoisotopic (exact) mass is 306 g/mol. The summed E-state index contributed by atoms with van der Waals surface area (Å²) in [7, 11) is 0. The first-order valence-corrected chi connectivity index (χ1v) is 8.58. The minimum absolute atomic E-state index is 0.246. The fourth-order valence-electron chi connectivity index (χ4n) is 4.02. The summed E-state index contributed by atoms with van der Waals surface area (Å²) in [5.74, 6) is 1.02. The molecule has 0 fully saturated rings. The summed E-state index contributed by atoms with van der Waals surface area (Å²) in [5, 5.41) is 2.66. The number of benzene rings is 2. The average molecular weight is 306 g/mol. The minimum Gasteiger partial charge on any atom is -0.482 e. The molecule has 0 aromatic heterocycles. The first-order chi connectivity index (χ1) is 11.0. The largest absolute Gasteiger partial charge is 0.482 e. The van der Waals surface area contributed by atoms with E-state index in [4.69, 9.17) is 4.74 Å². The molecule has 2 aromatic rings. The molecule has 2 nitrogen and oxygen atoms in total. The zero-order chi connectivity index (χ0) is 16.4. The highest BCUT2D eigenvalue weighted by molar-refractivity contribution is 6.21. The minimum atomic E-state index is -0.246. The molecule has 0 aliphatic carbocycles. The van der Waals surface area contributed by atoms with E-state index < -0.39 is 0 Å². The lowest BCUT2D eigenvalue weighted by Crippen LogP contribution is -2.22. The van der Waals surface area contributed by atoms with E-state index in [2.05, 4.69) is 75.6 Å². The normalized spacial score (nSPS) is 19.0. The number of hydrogen-bond donors (Lipinski definition) is 0. The van der Waals surface area contributed by atoms with Gasteiger partial charge in [0.05, 0.1) is 10.9 Å². The predicted octanol–water partition coefficient (Wildman–Crippen LogP) is 5.29. The smallest absolute Gasteiger partial charge is 0.214 e. The van der Waals surface area contributed by atoms with Crippen molar-refractivity contribution >= 4 is 22.2 Å². The molecule has 2 aliphatic rings. The van der Waals surface area contributed by atoms with Gasteiger partial charge in [0.25, 0.3) is 0 Å². The summed E-state index contributed by atoms with van der Waals surface area (Å²) in [6.07, 6.45) is 5.49. The fourth-order valence-corrected chi connectivity index (χ4v) is 4.02. The Morgan fingerprint density at radius 3 is 2.65 bits per heavy atom. The van der Waals surface area contributed by atoms with Crippen LogP contribution in [0.25, 0.3) is 10.8 Å². The van der Waals surface area contributed by atoms with Crippen molar-refractivity contribution in [3.8, 4) is 5.75 Å². The van der Waals surface area contributed by atoms with E-state index in [0.29, 0.717) is 6.04 Å². The van der Waals surface area contributed by atoms with Crippen LogP contribution in [-0.2, 0) is 5.60 Å². The van der Waals surface area contributed by atoms with Crippen molar-refractivity contribution in [2.45, 2.75) is 52.7 Å². The third kappa shape index (κ3) is 1.78. The molecule has 0 radical (unpaired) electrons. The lowest BCUT2D eigenvalue weighted by atomic mass is 9.91. The van der Waals surface area contributed by atoms with Crippen LogP contribution < -0.4 is 4.74 Å². The maximum atomic E-state index is 6.22. The van der Waals surface area contributed by atoms with Gasteiger partial charge < -0.3 is 4.74 Å². The molecule has 0 bridgehead atoms. The lowest BCUT2D eigenvalue weighted by Gasteiger charge is -2.19. The molecule has 2 aliphatic heterocycles. The molecule has 0 N–H and O–H groups in total. The highest BCUT2D eigenvalue weighted by atomic mass is 16.5. The summed E-state index contributed by atoms with van der Waals surface area (Å²) < 4.78 is 8.71. The topological polar surface area (TPSA) is 12.2 Å². The van der Waals surface area contributed by atoms with Crippen molar-refractivity contribution in [1.29, 1.82) is 0 Å². The van der Waals surface area contributed by atoms with Crippen molar-refractivity contribution < 1.29 is 9.31 Å². The van der Waals surface area contributed by atoms with Crippen LogP contribution in [0.4, 0.5) is 5.69 Å². The number of ether oxygens (including phenoxy) is 1. The van der Waals surface area contributed by atoms with Gasteiger partial charge in [0, 0.05) is 29.5 Å². The molecule has 1 atom stereocenters. The van der Waals surface area contributed by atoms with Gasteiger partial charge in [-0.05, 0) is 39.8 Å². The maximum absolute atomic E-state index is 6.22. The van der Waals surface area contributed by atoms with Crippen LogP contribution in [-0.4, -0.2) is 16.3 Å². The maximum Gasteiger partial charge on any atom is 0.214 e. The first kappa shape index (κ1) is 14.5. The Labute approximate surface area is 138 Å². The Bertz CT molecular complexity index is 886. The molecule has 0 spiro atoms. The quantitative estimate of drug-likeness (QED) is 0.702. The zero-order valence-corrected chi connectivity index (χ0v) is 14.6. The highest BCUT2D eigenvalue weighted by Gasteiger charge is 2.40. The summed E-state index contributed by atoms with van der Waals surface area (Å²) in [6.45, 7) is 11.0. The Balaban J connectivity index is 2.11. The van der Waals surface area contributed by atoms with Crippen LogP contribution in [0, 0.1) is 0 Å². The van der Waals surface area contributed by atoms with E-state index >= 15 is 0 Å². The molecule has 4 rings (SSSR count). The molecule has 118 valence electrons. The molecule has 0 saturated heterocycles. The molecule has 1 unspecified atom stereocenters. The van der Waals surface area contributed by atoms with Crippen LogP contribution in [0.15, 0.2) is 36.4 Å². The van der Waals surface area contributed by atoms with Crippen molar-refractivity contribution in [1.82, 2.24) is 0 Å². The van der Waals surface area contributed by atoms with Crippen LogP contribution in [0.5, 0.6) is 5.75 Å². The third-order valence-electron chi connectivity index (χ3n) is 5.27. The van der Waals surface area contributed by atoms with Crippen molar-refractivity contribution in [3.05, 3.63) is 47.5 Å². The van der Waals surface area contributed by atoms with Crippen LogP contribution in [0.2, 0.25) is 0 Å². The Hall–Kier alpha value is -2.09. The van der Waals surface area contributed by atoms with Gasteiger partial charge in [-0.1, -0.05) is 19.1 Å². The highest BCUT2D eigenvalue weighted by Crippen LogP contribution is 2.50. The van der Waals surface area contributed by atoms with E-state index in [1.807, 2.05) is 0 Å². The summed E-state index contributed by atoms with van der Waals surface area (Å²) >= 11 is 0. The standard InChI is InChI=1S/C21H24NO/c1-6-8-16-14-9-10-15-20-18(23-21(15,4)5)12-11-17(19(14)20)22(16)13(3)7-2/h6,8-13H,7H2,1-5H3/q+1/b8-6+. The van der Waals surface area contributed by atoms with Crippen LogP contribution in [0.1, 0.15) is 52.2 Å². The van der Waals surface area contributed by atoms with Crippen molar-refractivity contribution in [2.24, 2.45) is 0 Å². The Kier molecular flexibility index (Phi) is 2.96. The third-order valence-corrected chi connectivity index (χ3v) is 5.27. The molecule has 2 heterocycles.